The van der Waals surface area contributed by atoms with Gasteiger partial charge in [-0.05, 0) is 23.1 Å². The molecule has 1 aromatic heterocycles. The van der Waals surface area contributed by atoms with Crippen molar-refractivity contribution >= 4 is 5.84 Å². The molecule has 0 fully saturated rings. The molecule has 20 heavy (non-hydrogen) atoms. The minimum Gasteiger partial charge on any atom is -0.438 e. The maximum absolute atomic E-state index is 7.24. The van der Waals surface area contributed by atoms with Crippen molar-refractivity contribution in [3.63, 3.8) is 0 Å². The number of hydrogen-bond acceptors (Lipinski definition) is 4. The molecule has 2 aromatic rings. The first-order valence-corrected chi connectivity index (χ1v) is 6.31. The van der Waals surface area contributed by atoms with E-state index < -0.39 is 0 Å². The van der Waals surface area contributed by atoms with Crippen LogP contribution in [0.4, 0.5) is 0 Å². The normalized spacial score (nSPS) is 11.2. The average molecular weight is 270 g/mol. The number of ether oxygens (including phenoxy) is 1. The molecule has 5 nitrogen and oxygen atoms in total. The number of benzene rings is 1. The summed E-state index contributed by atoms with van der Waals surface area (Å²) in [6.45, 7) is 6.48. The van der Waals surface area contributed by atoms with Crippen LogP contribution >= 0.6 is 0 Å². The van der Waals surface area contributed by atoms with Crippen LogP contribution in [0.2, 0.25) is 0 Å². The first-order chi connectivity index (χ1) is 9.36. The molecule has 0 atom stereocenters. The van der Waals surface area contributed by atoms with Crippen molar-refractivity contribution in [2.45, 2.75) is 26.2 Å². The second-order valence-corrected chi connectivity index (χ2v) is 5.53. The van der Waals surface area contributed by atoms with Crippen molar-refractivity contribution in [2.75, 3.05) is 0 Å². The van der Waals surface area contributed by atoms with E-state index in [2.05, 4.69) is 30.7 Å². The largest absolute Gasteiger partial charge is 0.438 e. The third-order valence-corrected chi connectivity index (χ3v) is 2.85. The van der Waals surface area contributed by atoms with E-state index in [0.717, 1.165) is 0 Å². The second kappa shape index (κ2) is 5.28. The van der Waals surface area contributed by atoms with Gasteiger partial charge in [0.25, 0.3) is 0 Å². The highest BCUT2D eigenvalue weighted by Gasteiger charge is 2.13. The van der Waals surface area contributed by atoms with Crippen LogP contribution in [0, 0.1) is 5.41 Å². The van der Waals surface area contributed by atoms with Gasteiger partial charge in [0, 0.05) is 0 Å². The monoisotopic (exact) mass is 270 g/mol. The molecule has 0 saturated carbocycles. The van der Waals surface area contributed by atoms with E-state index in [0.29, 0.717) is 17.3 Å². The van der Waals surface area contributed by atoms with Crippen molar-refractivity contribution in [1.82, 2.24) is 9.97 Å². The lowest BCUT2D eigenvalue weighted by atomic mass is 9.87. The maximum Gasteiger partial charge on any atom is 0.237 e. The summed E-state index contributed by atoms with van der Waals surface area (Å²) in [6, 6.07) is 7.88. The zero-order valence-corrected chi connectivity index (χ0v) is 11.8. The molecule has 0 saturated heterocycles. The van der Waals surface area contributed by atoms with Crippen molar-refractivity contribution in [2.24, 2.45) is 5.73 Å². The Balaban J connectivity index is 2.12. The zero-order chi connectivity index (χ0) is 14.8. The van der Waals surface area contributed by atoms with Gasteiger partial charge in [0.15, 0.2) is 0 Å². The molecule has 104 valence electrons. The third kappa shape index (κ3) is 3.32. The summed E-state index contributed by atoms with van der Waals surface area (Å²) in [5, 5.41) is 7.24. The number of hydrogen-bond donors (Lipinski definition) is 2. The fourth-order valence-corrected chi connectivity index (χ4v) is 1.65. The predicted molar refractivity (Wildman–Crippen MR) is 78.3 cm³/mol. The summed E-state index contributed by atoms with van der Waals surface area (Å²) in [5.41, 5.74) is 7.00. The Morgan fingerprint density at radius 3 is 2.20 bits per heavy atom. The number of nitrogens with two attached hydrogens (primary N) is 1. The molecule has 3 N–H and O–H groups in total. The van der Waals surface area contributed by atoms with Gasteiger partial charge in [-0.2, -0.15) is 0 Å². The molecule has 2 rings (SSSR count). The van der Waals surface area contributed by atoms with Crippen LogP contribution in [0.3, 0.4) is 0 Å². The van der Waals surface area contributed by atoms with Gasteiger partial charge in [-0.1, -0.05) is 32.9 Å². The van der Waals surface area contributed by atoms with E-state index in [9.17, 15) is 0 Å². The number of nitrogens with one attached hydrogen (secondary N) is 1. The number of nitrogen functional groups attached to an aromatic ring is 1. The van der Waals surface area contributed by atoms with E-state index in [-0.39, 0.29) is 11.3 Å². The number of rotatable bonds is 3. The molecular weight excluding hydrogens is 252 g/mol. The van der Waals surface area contributed by atoms with E-state index in [1.54, 1.807) is 0 Å². The molecule has 1 heterocycles. The molecule has 1 aromatic carbocycles. The first-order valence-electron chi connectivity index (χ1n) is 6.31. The fraction of sp³-hybridized carbons (Fsp3) is 0.267. The Hall–Kier alpha value is -2.43. The van der Waals surface area contributed by atoms with Gasteiger partial charge in [0.2, 0.25) is 5.88 Å². The van der Waals surface area contributed by atoms with Gasteiger partial charge >= 0.3 is 0 Å². The van der Waals surface area contributed by atoms with Crippen LogP contribution in [0.15, 0.2) is 36.7 Å². The summed E-state index contributed by atoms with van der Waals surface area (Å²) >= 11 is 0. The van der Waals surface area contributed by atoms with E-state index in [1.165, 1.54) is 18.0 Å². The van der Waals surface area contributed by atoms with Crippen LogP contribution in [-0.4, -0.2) is 15.8 Å². The minimum absolute atomic E-state index is 0.112. The molecular formula is C15H18N4O. The Morgan fingerprint density at radius 1 is 1.10 bits per heavy atom. The maximum atomic E-state index is 7.24. The van der Waals surface area contributed by atoms with Gasteiger partial charge < -0.3 is 10.5 Å². The van der Waals surface area contributed by atoms with Gasteiger partial charge in [0.1, 0.15) is 17.3 Å². The Bertz CT molecular complexity index is 597. The standard InChI is InChI=1S/C15H18N4O/c1-15(2,3)10-4-6-11(7-5-10)20-13-9-18-12(8-19-13)14(16)17/h4-9H,1-3H3,(H3,16,17). The number of nitrogens with zero attached hydrogens (tertiary/aromatic N) is 2. The molecule has 0 aliphatic heterocycles. The second-order valence-electron chi connectivity index (χ2n) is 5.53. The number of aromatic nitrogens is 2. The molecule has 0 unspecified atom stereocenters. The van der Waals surface area contributed by atoms with E-state index in [1.807, 2.05) is 24.3 Å². The van der Waals surface area contributed by atoms with Crippen molar-refractivity contribution in [3.05, 3.63) is 47.9 Å². The van der Waals surface area contributed by atoms with Gasteiger partial charge in [-0.15, -0.1) is 0 Å². The van der Waals surface area contributed by atoms with E-state index >= 15 is 0 Å². The average Bonchev–Trinajstić information content (AvgIpc) is 2.39. The summed E-state index contributed by atoms with van der Waals surface area (Å²) < 4.78 is 5.60. The van der Waals surface area contributed by atoms with E-state index in [4.69, 9.17) is 15.9 Å². The topological polar surface area (TPSA) is 84.9 Å². The lowest BCUT2D eigenvalue weighted by molar-refractivity contribution is 0.459. The molecule has 0 aliphatic rings. The summed E-state index contributed by atoms with van der Waals surface area (Å²) in [4.78, 5) is 8.05. The van der Waals surface area contributed by atoms with Gasteiger partial charge in [-0.25, -0.2) is 9.97 Å². The van der Waals surface area contributed by atoms with Crippen LogP contribution < -0.4 is 10.5 Å². The summed E-state index contributed by atoms with van der Waals surface area (Å²) in [6.07, 6.45) is 2.87. The SMILES string of the molecule is CC(C)(C)c1ccc(Oc2cnc(C(=N)N)cn2)cc1. The van der Waals surface area contributed by atoms with Gasteiger partial charge in [0.05, 0.1) is 12.4 Å². The molecule has 0 bridgehead atoms. The Kier molecular flexibility index (Phi) is 3.70. The first kappa shape index (κ1) is 14.0. The molecule has 0 aliphatic carbocycles. The third-order valence-electron chi connectivity index (χ3n) is 2.85. The van der Waals surface area contributed by atoms with Gasteiger partial charge in [-0.3, -0.25) is 5.41 Å². The van der Waals surface area contributed by atoms with Crippen molar-refractivity contribution in [1.29, 1.82) is 5.41 Å². The molecule has 5 heteroatoms. The highest BCUT2D eigenvalue weighted by Crippen LogP contribution is 2.25. The van der Waals surface area contributed by atoms with Crippen molar-refractivity contribution < 1.29 is 4.74 Å². The molecule has 0 amide bonds. The van der Waals surface area contributed by atoms with Crippen LogP contribution in [-0.2, 0) is 5.41 Å². The summed E-state index contributed by atoms with van der Waals surface area (Å²) in [5.74, 6) is 0.958. The minimum atomic E-state index is -0.112. The zero-order valence-electron chi connectivity index (χ0n) is 11.8. The summed E-state index contributed by atoms with van der Waals surface area (Å²) in [7, 11) is 0. The highest BCUT2D eigenvalue weighted by atomic mass is 16.5. The Morgan fingerprint density at radius 2 is 1.75 bits per heavy atom. The lowest BCUT2D eigenvalue weighted by Gasteiger charge is -2.19. The predicted octanol–water partition coefficient (Wildman–Crippen LogP) is 2.85. The molecule has 0 radical (unpaired) electrons. The highest BCUT2D eigenvalue weighted by molar-refractivity contribution is 5.92. The lowest BCUT2D eigenvalue weighted by Crippen LogP contribution is -2.13. The Labute approximate surface area is 118 Å². The quantitative estimate of drug-likeness (QED) is 0.663. The number of amidine groups is 1. The van der Waals surface area contributed by atoms with Crippen molar-refractivity contribution in [3.8, 4) is 11.6 Å². The van der Waals surface area contributed by atoms with Crippen LogP contribution in [0.5, 0.6) is 11.6 Å². The fourth-order valence-electron chi connectivity index (χ4n) is 1.65. The smallest absolute Gasteiger partial charge is 0.237 e. The molecule has 0 spiro atoms. The van der Waals surface area contributed by atoms with Crippen LogP contribution in [0.25, 0.3) is 0 Å². The van der Waals surface area contributed by atoms with Crippen LogP contribution in [0.1, 0.15) is 32.0 Å².